The number of nitrogens with one attached hydrogen (secondary N) is 2. The van der Waals surface area contributed by atoms with Crippen LogP contribution in [-0.4, -0.2) is 11.8 Å². The molecule has 0 radical (unpaired) electrons. The Balaban J connectivity index is 1.93. The molecule has 6 heteroatoms. The number of hydrogen-bond donors (Lipinski definition) is 2. The van der Waals surface area contributed by atoms with Crippen LogP contribution in [0.3, 0.4) is 0 Å². The lowest BCUT2D eigenvalue weighted by Gasteiger charge is -2.18. The molecule has 0 spiro atoms. The Hall–Kier alpha value is -1.85. The molecule has 2 aromatic rings. The summed E-state index contributed by atoms with van der Waals surface area (Å²) in [5.74, 6) is 0.348. The second-order valence-corrected chi connectivity index (χ2v) is 7.96. The number of fused-ring (bicyclic) bond motifs is 1. The first kappa shape index (κ1) is 18.0. The summed E-state index contributed by atoms with van der Waals surface area (Å²) in [7, 11) is 0. The van der Waals surface area contributed by atoms with Gasteiger partial charge in [-0.05, 0) is 55.0 Å². The molecule has 2 amide bonds. The van der Waals surface area contributed by atoms with E-state index < -0.39 is 0 Å². The third-order valence-corrected chi connectivity index (χ3v) is 5.84. The van der Waals surface area contributed by atoms with E-state index in [9.17, 15) is 9.59 Å². The first-order valence-electron chi connectivity index (χ1n) is 8.49. The number of rotatable bonds is 4. The van der Waals surface area contributed by atoms with Crippen LogP contribution < -0.4 is 10.6 Å². The van der Waals surface area contributed by atoms with Gasteiger partial charge in [0.15, 0.2) is 0 Å². The number of benzene rings is 1. The van der Waals surface area contributed by atoms with Gasteiger partial charge in [-0.2, -0.15) is 0 Å². The van der Waals surface area contributed by atoms with E-state index in [1.54, 1.807) is 31.2 Å². The highest BCUT2D eigenvalue weighted by Crippen LogP contribution is 2.40. The Morgan fingerprint density at radius 2 is 1.96 bits per heavy atom. The fraction of sp³-hybridized carbons (Fsp3) is 0.368. The van der Waals surface area contributed by atoms with Crippen molar-refractivity contribution in [2.24, 2.45) is 5.92 Å². The molecule has 3 rings (SSSR count). The molecule has 2 N–H and O–H groups in total. The number of anilines is 2. The lowest BCUT2D eigenvalue weighted by atomic mass is 9.88. The SMILES string of the molecule is CCC(=O)Nc1sc2c(c1C(=O)Nc1ccc(Cl)cc1)CCC(C)C2. The Bertz CT molecular complexity index is 799. The van der Waals surface area contributed by atoms with Crippen molar-refractivity contribution in [1.82, 2.24) is 0 Å². The quantitative estimate of drug-likeness (QED) is 0.777. The number of amides is 2. The second kappa shape index (κ2) is 7.58. The van der Waals surface area contributed by atoms with Crippen LogP contribution in [0.1, 0.15) is 47.5 Å². The van der Waals surface area contributed by atoms with Crippen molar-refractivity contribution in [3.63, 3.8) is 0 Å². The number of carbonyl (C=O) groups excluding carboxylic acids is 2. The molecular formula is C19H21ClN2O2S. The van der Waals surface area contributed by atoms with Gasteiger partial charge in [-0.1, -0.05) is 25.4 Å². The van der Waals surface area contributed by atoms with Crippen LogP contribution in [0.4, 0.5) is 10.7 Å². The van der Waals surface area contributed by atoms with Crippen LogP contribution >= 0.6 is 22.9 Å². The van der Waals surface area contributed by atoms with Gasteiger partial charge in [-0.25, -0.2) is 0 Å². The van der Waals surface area contributed by atoms with E-state index in [1.165, 1.54) is 16.2 Å². The molecule has 0 fully saturated rings. The summed E-state index contributed by atoms with van der Waals surface area (Å²) >= 11 is 7.43. The minimum absolute atomic E-state index is 0.0767. The maximum absolute atomic E-state index is 12.9. The Morgan fingerprint density at radius 1 is 1.24 bits per heavy atom. The zero-order chi connectivity index (χ0) is 18.0. The van der Waals surface area contributed by atoms with E-state index in [1.807, 2.05) is 0 Å². The summed E-state index contributed by atoms with van der Waals surface area (Å²) in [6.45, 7) is 4.03. The number of halogens is 1. The van der Waals surface area contributed by atoms with Crippen LogP contribution in [-0.2, 0) is 17.6 Å². The van der Waals surface area contributed by atoms with Gasteiger partial charge in [0.25, 0.3) is 5.91 Å². The lowest BCUT2D eigenvalue weighted by molar-refractivity contribution is -0.115. The summed E-state index contributed by atoms with van der Waals surface area (Å²) < 4.78 is 0. The molecule has 1 aromatic heterocycles. The van der Waals surface area contributed by atoms with Gasteiger partial charge in [0.05, 0.1) is 5.56 Å². The summed E-state index contributed by atoms with van der Waals surface area (Å²) in [6.07, 6.45) is 3.28. The highest BCUT2D eigenvalue weighted by Gasteiger charge is 2.28. The predicted molar refractivity (Wildman–Crippen MR) is 104 cm³/mol. The average molecular weight is 377 g/mol. The van der Waals surface area contributed by atoms with E-state index in [0.29, 0.717) is 33.6 Å². The second-order valence-electron chi connectivity index (χ2n) is 6.42. The Morgan fingerprint density at radius 3 is 2.64 bits per heavy atom. The van der Waals surface area contributed by atoms with Gasteiger partial charge < -0.3 is 10.6 Å². The molecule has 0 saturated carbocycles. The van der Waals surface area contributed by atoms with Crippen molar-refractivity contribution >= 4 is 45.4 Å². The maximum Gasteiger partial charge on any atom is 0.258 e. The van der Waals surface area contributed by atoms with Crippen LogP contribution in [0.15, 0.2) is 24.3 Å². The molecule has 4 nitrogen and oxygen atoms in total. The minimum atomic E-state index is -0.180. The van der Waals surface area contributed by atoms with E-state index >= 15 is 0 Å². The molecular weight excluding hydrogens is 356 g/mol. The van der Waals surface area contributed by atoms with Gasteiger partial charge in [0, 0.05) is 22.0 Å². The van der Waals surface area contributed by atoms with Gasteiger partial charge in [-0.3, -0.25) is 9.59 Å². The van der Waals surface area contributed by atoms with Crippen molar-refractivity contribution in [1.29, 1.82) is 0 Å². The molecule has 1 unspecified atom stereocenters. The lowest BCUT2D eigenvalue weighted by Crippen LogP contribution is -2.19. The Kier molecular flexibility index (Phi) is 5.45. The highest BCUT2D eigenvalue weighted by atomic mass is 35.5. The maximum atomic E-state index is 12.9. The van der Waals surface area contributed by atoms with E-state index in [-0.39, 0.29) is 11.8 Å². The van der Waals surface area contributed by atoms with E-state index in [2.05, 4.69) is 17.6 Å². The Labute approximate surface area is 156 Å². The molecule has 1 aliphatic carbocycles. The molecule has 25 heavy (non-hydrogen) atoms. The molecule has 0 saturated heterocycles. The van der Waals surface area contributed by atoms with Gasteiger partial charge >= 0.3 is 0 Å². The largest absolute Gasteiger partial charge is 0.322 e. The fourth-order valence-electron chi connectivity index (χ4n) is 3.02. The predicted octanol–water partition coefficient (Wildman–Crippen LogP) is 5.13. The topological polar surface area (TPSA) is 58.2 Å². The first-order valence-corrected chi connectivity index (χ1v) is 9.68. The third-order valence-electron chi connectivity index (χ3n) is 4.41. The molecule has 1 heterocycles. The summed E-state index contributed by atoms with van der Waals surface area (Å²) in [5.41, 5.74) is 2.39. The summed E-state index contributed by atoms with van der Waals surface area (Å²) in [4.78, 5) is 26.0. The third kappa shape index (κ3) is 4.05. The number of thiophene rings is 1. The minimum Gasteiger partial charge on any atom is -0.322 e. The monoisotopic (exact) mass is 376 g/mol. The zero-order valence-electron chi connectivity index (χ0n) is 14.3. The van der Waals surface area contributed by atoms with Crippen molar-refractivity contribution in [2.45, 2.75) is 39.5 Å². The molecule has 0 aliphatic heterocycles. The van der Waals surface area contributed by atoms with Crippen molar-refractivity contribution < 1.29 is 9.59 Å². The summed E-state index contributed by atoms with van der Waals surface area (Å²) in [6, 6.07) is 7.01. The van der Waals surface area contributed by atoms with Crippen molar-refractivity contribution in [3.05, 3.63) is 45.3 Å². The fourth-order valence-corrected chi connectivity index (χ4v) is 4.57. The van der Waals surface area contributed by atoms with Crippen molar-refractivity contribution in [3.8, 4) is 0 Å². The average Bonchev–Trinajstić information content (AvgIpc) is 2.93. The molecule has 0 bridgehead atoms. The number of carbonyl (C=O) groups is 2. The molecule has 132 valence electrons. The zero-order valence-corrected chi connectivity index (χ0v) is 15.9. The highest BCUT2D eigenvalue weighted by molar-refractivity contribution is 7.17. The van der Waals surface area contributed by atoms with Gasteiger partial charge in [0.1, 0.15) is 5.00 Å². The molecule has 1 aromatic carbocycles. The van der Waals surface area contributed by atoms with Gasteiger partial charge in [-0.15, -0.1) is 11.3 Å². The standard InChI is InChI=1S/C19H21ClN2O2S/c1-3-16(23)22-19-17(14-9-4-11(2)10-15(14)25-19)18(24)21-13-7-5-12(20)6-8-13/h5-8,11H,3-4,9-10H2,1-2H3,(H,21,24)(H,22,23). The van der Waals surface area contributed by atoms with Crippen LogP contribution in [0.25, 0.3) is 0 Å². The smallest absolute Gasteiger partial charge is 0.258 e. The van der Waals surface area contributed by atoms with Crippen molar-refractivity contribution in [2.75, 3.05) is 10.6 Å². The first-order chi connectivity index (χ1) is 12.0. The van der Waals surface area contributed by atoms with Gasteiger partial charge in [0.2, 0.25) is 5.91 Å². The van der Waals surface area contributed by atoms with E-state index in [4.69, 9.17) is 11.6 Å². The van der Waals surface area contributed by atoms with Crippen LogP contribution in [0.2, 0.25) is 5.02 Å². The molecule has 1 atom stereocenters. The normalized spacial score (nSPS) is 16.2. The number of hydrogen-bond acceptors (Lipinski definition) is 3. The van der Waals surface area contributed by atoms with Crippen LogP contribution in [0, 0.1) is 5.92 Å². The summed E-state index contributed by atoms with van der Waals surface area (Å²) in [5, 5.41) is 7.11. The molecule has 1 aliphatic rings. The van der Waals surface area contributed by atoms with Crippen LogP contribution in [0.5, 0.6) is 0 Å². The van der Waals surface area contributed by atoms with E-state index in [0.717, 1.165) is 24.8 Å².